The third kappa shape index (κ3) is 6.38. The smallest absolute Gasteiger partial charge is 0.376 e. The van der Waals surface area contributed by atoms with Crippen LogP contribution in [0.4, 0.5) is 0 Å². The topological polar surface area (TPSA) is 30.9 Å². The molecular formula is C20H29NO3Si. The Kier molecular flexibility index (Phi) is 8.31. The van der Waals surface area contributed by atoms with Crippen LogP contribution in [0.2, 0.25) is 0 Å². The highest BCUT2D eigenvalue weighted by atomic mass is 28.4. The first-order valence-corrected chi connectivity index (χ1v) is 10.6. The van der Waals surface area contributed by atoms with E-state index in [9.17, 15) is 0 Å². The number of nitrogens with zero attached hydrogens (tertiary/aromatic N) is 1. The van der Waals surface area contributed by atoms with Crippen molar-refractivity contribution in [1.29, 1.82) is 0 Å². The molecule has 0 heterocycles. The molecule has 2 rings (SSSR count). The maximum absolute atomic E-state index is 5.62. The number of benzene rings is 2. The van der Waals surface area contributed by atoms with Crippen LogP contribution in [0.15, 0.2) is 60.7 Å². The zero-order valence-electron chi connectivity index (χ0n) is 15.5. The van der Waals surface area contributed by atoms with Gasteiger partial charge in [-0.3, -0.25) is 4.90 Å². The predicted octanol–water partition coefficient (Wildman–Crippen LogP) is 3.19. The minimum Gasteiger partial charge on any atom is -0.376 e. The molecule has 2 aromatic carbocycles. The molecule has 0 aliphatic heterocycles. The summed E-state index contributed by atoms with van der Waals surface area (Å²) < 4.78 is 16.9. The van der Waals surface area contributed by atoms with Crippen LogP contribution in [0.25, 0.3) is 0 Å². The minimum atomic E-state index is -2.63. The maximum Gasteiger partial charge on any atom is 0.514 e. The number of hydrogen-bond donors (Lipinski definition) is 0. The van der Waals surface area contributed by atoms with Crippen LogP contribution in [0, 0.1) is 0 Å². The molecule has 0 bridgehead atoms. The van der Waals surface area contributed by atoms with Crippen LogP contribution in [0.5, 0.6) is 0 Å². The molecule has 0 aliphatic carbocycles. The third-order valence-electron chi connectivity index (χ3n) is 4.47. The van der Waals surface area contributed by atoms with Gasteiger partial charge in [-0.2, -0.15) is 0 Å². The molecule has 0 saturated carbocycles. The van der Waals surface area contributed by atoms with Crippen molar-refractivity contribution in [1.82, 2.24) is 4.90 Å². The van der Waals surface area contributed by atoms with Gasteiger partial charge >= 0.3 is 8.80 Å². The molecule has 0 amide bonds. The average molecular weight is 360 g/mol. The van der Waals surface area contributed by atoms with Crippen molar-refractivity contribution < 1.29 is 13.3 Å². The van der Waals surface area contributed by atoms with E-state index in [1.165, 1.54) is 11.1 Å². The van der Waals surface area contributed by atoms with E-state index in [1.807, 2.05) is 0 Å². The summed E-state index contributed by atoms with van der Waals surface area (Å²) in [6.45, 7) is 1.89. The van der Waals surface area contributed by atoms with Crippen LogP contribution in [-0.4, -0.2) is 54.3 Å². The standard InChI is InChI=1S/C20H29NO3Si/c1-22-25(23-2,24-3)18-21(16-14-19-10-6-4-7-11-19)17-15-20-12-8-5-9-13-20/h4-13H,14-18H2,1-3H3. The SMILES string of the molecule is CO[Si](CN(CCc1ccccc1)CCc1ccccc1)(OC)OC. The van der Waals surface area contributed by atoms with E-state index in [2.05, 4.69) is 65.6 Å². The molecule has 5 heteroatoms. The average Bonchev–Trinajstić information content (AvgIpc) is 2.69. The molecular weight excluding hydrogens is 330 g/mol. The van der Waals surface area contributed by atoms with E-state index in [1.54, 1.807) is 21.3 Å². The lowest BCUT2D eigenvalue weighted by molar-refractivity contribution is 0.103. The zero-order chi connectivity index (χ0) is 18.0. The Hall–Kier alpha value is -1.50. The summed E-state index contributed by atoms with van der Waals surface area (Å²) in [6, 6.07) is 21.1. The van der Waals surface area contributed by atoms with Crippen molar-refractivity contribution in [3.63, 3.8) is 0 Å². The first kappa shape index (κ1) is 19.8. The Labute approximate surface area is 152 Å². The van der Waals surface area contributed by atoms with Crippen LogP contribution in [-0.2, 0) is 26.1 Å². The molecule has 0 aliphatic rings. The molecule has 2 aromatic rings. The molecule has 136 valence electrons. The molecule has 0 saturated heterocycles. The summed E-state index contributed by atoms with van der Waals surface area (Å²) in [5.74, 6) is 0. The lowest BCUT2D eigenvalue weighted by Gasteiger charge is -2.31. The van der Waals surface area contributed by atoms with Gasteiger partial charge in [-0.15, -0.1) is 0 Å². The van der Waals surface area contributed by atoms with Gasteiger partial charge in [0.2, 0.25) is 0 Å². The van der Waals surface area contributed by atoms with Gasteiger partial charge in [-0.25, -0.2) is 0 Å². The van der Waals surface area contributed by atoms with Crippen molar-refractivity contribution in [2.45, 2.75) is 12.8 Å². The van der Waals surface area contributed by atoms with Crippen molar-refractivity contribution in [3.8, 4) is 0 Å². The van der Waals surface area contributed by atoms with E-state index in [4.69, 9.17) is 13.3 Å². The number of hydrogen-bond acceptors (Lipinski definition) is 4. The highest BCUT2D eigenvalue weighted by Gasteiger charge is 2.39. The Morgan fingerprint density at radius 3 is 1.44 bits per heavy atom. The van der Waals surface area contributed by atoms with Crippen molar-refractivity contribution in [2.75, 3.05) is 40.6 Å². The van der Waals surface area contributed by atoms with Crippen LogP contribution >= 0.6 is 0 Å². The quantitative estimate of drug-likeness (QED) is 0.577. The second-order valence-corrected chi connectivity index (χ2v) is 8.95. The maximum atomic E-state index is 5.62. The highest BCUT2D eigenvalue weighted by molar-refractivity contribution is 6.60. The molecule has 25 heavy (non-hydrogen) atoms. The van der Waals surface area contributed by atoms with E-state index in [-0.39, 0.29) is 0 Å². The molecule has 0 fully saturated rings. The molecule has 0 unspecified atom stereocenters. The first-order valence-electron chi connectivity index (χ1n) is 8.67. The van der Waals surface area contributed by atoms with E-state index >= 15 is 0 Å². The van der Waals surface area contributed by atoms with Gasteiger partial charge in [0.05, 0.1) is 6.17 Å². The van der Waals surface area contributed by atoms with Crippen molar-refractivity contribution in [2.24, 2.45) is 0 Å². The first-order chi connectivity index (χ1) is 12.2. The monoisotopic (exact) mass is 359 g/mol. The van der Waals surface area contributed by atoms with Crippen molar-refractivity contribution >= 4 is 8.80 Å². The molecule has 0 aromatic heterocycles. The van der Waals surface area contributed by atoms with Crippen LogP contribution in [0.3, 0.4) is 0 Å². The third-order valence-corrected chi connectivity index (χ3v) is 7.17. The summed E-state index contributed by atoms with van der Waals surface area (Å²) >= 11 is 0. The second-order valence-electron chi connectivity index (χ2n) is 6.04. The van der Waals surface area contributed by atoms with Gasteiger partial charge in [-0.1, -0.05) is 60.7 Å². The van der Waals surface area contributed by atoms with Gasteiger partial charge in [0.1, 0.15) is 0 Å². The summed E-state index contributed by atoms with van der Waals surface area (Å²) in [4.78, 5) is 2.39. The lowest BCUT2D eigenvalue weighted by atomic mass is 10.1. The Bertz CT molecular complexity index is 539. The fourth-order valence-corrected chi connectivity index (χ4v) is 4.60. The Balaban J connectivity index is 2.01. The molecule has 0 spiro atoms. The molecule has 0 radical (unpaired) electrons. The van der Waals surface area contributed by atoms with Crippen molar-refractivity contribution in [3.05, 3.63) is 71.8 Å². The van der Waals surface area contributed by atoms with Gasteiger partial charge in [0.25, 0.3) is 0 Å². The summed E-state index contributed by atoms with van der Waals surface area (Å²) in [7, 11) is 2.39. The number of rotatable bonds is 11. The minimum absolute atomic E-state index is 0.691. The Morgan fingerprint density at radius 2 is 1.08 bits per heavy atom. The fraction of sp³-hybridized carbons (Fsp3) is 0.400. The van der Waals surface area contributed by atoms with E-state index in [0.29, 0.717) is 6.17 Å². The highest BCUT2D eigenvalue weighted by Crippen LogP contribution is 2.11. The van der Waals surface area contributed by atoms with Gasteiger partial charge in [-0.05, 0) is 24.0 Å². The molecule has 0 N–H and O–H groups in total. The fourth-order valence-electron chi connectivity index (χ4n) is 2.85. The van der Waals surface area contributed by atoms with Crippen LogP contribution in [0.1, 0.15) is 11.1 Å². The predicted molar refractivity (Wildman–Crippen MR) is 104 cm³/mol. The van der Waals surface area contributed by atoms with Gasteiger partial charge in [0, 0.05) is 34.4 Å². The largest absolute Gasteiger partial charge is 0.514 e. The van der Waals surface area contributed by atoms with Gasteiger partial charge in [0.15, 0.2) is 0 Å². The van der Waals surface area contributed by atoms with E-state index < -0.39 is 8.80 Å². The second kappa shape index (κ2) is 10.5. The normalized spacial score (nSPS) is 11.8. The molecule has 0 atom stereocenters. The molecule has 4 nitrogen and oxygen atoms in total. The summed E-state index contributed by atoms with van der Waals surface area (Å²) in [5.41, 5.74) is 2.68. The lowest BCUT2D eigenvalue weighted by Crippen LogP contribution is -2.54. The summed E-state index contributed by atoms with van der Waals surface area (Å²) in [6.07, 6.45) is 2.69. The van der Waals surface area contributed by atoms with E-state index in [0.717, 1.165) is 25.9 Å². The Morgan fingerprint density at radius 1 is 0.680 bits per heavy atom. The summed E-state index contributed by atoms with van der Waals surface area (Å²) in [5, 5.41) is 0. The van der Waals surface area contributed by atoms with Gasteiger partial charge < -0.3 is 13.3 Å². The zero-order valence-corrected chi connectivity index (χ0v) is 16.5. The van der Waals surface area contributed by atoms with Crippen LogP contribution < -0.4 is 0 Å².